The van der Waals surface area contributed by atoms with Gasteiger partial charge in [0.15, 0.2) is 0 Å². The molecule has 2 aromatic heterocycles. The van der Waals surface area contributed by atoms with E-state index in [4.69, 9.17) is 9.84 Å². The average Bonchev–Trinajstić information content (AvgIpc) is 2.51. The number of aromatic nitrogens is 3. The summed E-state index contributed by atoms with van der Waals surface area (Å²) in [6.07, 6.45) is 3.96. The molecule has 0 unspecified atom stereocenters. The summed E-state index contributed by atoms with van der Waals surface area (Å²) < 4.78 is 5.41. The quantitative estimate of drug-likeness (QED) is 0.803. The number of aromatic carboxylic acids is 1. The second-order valence-corrected chi connectivity index (χ2v) is 4.26. The first-order valence-corrected chi connectivity index (χ1v) is 6.57. The van der Waals surface area contributed by atoms with Crippen molar-refractivity contribution >= 4 is 11.9 Å². The van der Waals surface area contributed by atoms with Gasteiger partial charge in [-0.05, 0) is 18.6 Å². The van der Waals surface area contributed by atoms with Gasteiger partial charge >= 0.3 is 5.97 Å². The van der Waals surface area contributed by atoms with Crippen molar-refractivity contribution in [1.29, 1.82) is 0 Å². The van der Waals surface area contributed by atoms with E-state index in [0.717, 1.165) is 6.42 Å². The Morgan fingerprint density at radius 3 is 2.90 bits per heavy atom. The SMILES string of the molecule is CCCOc1ccnc(NCc2cc(C(=O)O)ccn2)n1. The molecule has 7 heteroatoms. The molecule has 0 saturated heterocycles. The van der Waals surface area contributed by atoms with E-state index in [1.807, 2.05) is 6.92 Å². The van der Waals surface area contributed by atoms with Gasteiger partial charge in [0.25, 0.3) is 0 Å². The predicted molar refractivity (Wildman–Crippen MR) is 76.3 cm³/mol. The Hall–Kier alpha value is -2.70. The number of hydrogen-bond acceptors (Lipinski definition) is 6. The molecular formula is C14H16N4O3. The molecule has 110 valence electrons. The highest BCUT2D eigenvalue weighted by atomic mass is 16.5. The summed E-state index contributed by atoms with van der Waals surface area (Å²) in [5.74, 6) is -0.0717. The predicted octanol–water partition coefficient (Wildman–Crippen LogP) is 1.97. The molecule has 7 nitrogen and oxygen atoms in total. The summed E-state index contributed by atoms with van der Waals surface area (Å²) in [6, 6.07) is 4.64. The lowest BCUT2D eigenvalue weighted by Gasteiger charge is -2.07. The molecule has 2 aromatic rings. The topological polar surface area (TPSA) is 97.2 Å². The molecule has 0 aliphatic carbocycles. The Morgan fingerprint density at radius 2 is 2.14 bits per heavy atom. The minimum absolute atomic E-state index is 0.197. The van der Waals surface area contributed by atoms with Crippen molar-refractivity contribution in [2.45, 2.75) is 19.9 Å². The second-order valence-electron chi connectivity index (χ2n) is 4.26. The number of anilines is 1. The molecule has 0 aliphatic rings. The highest BCUT2D eigenvalue weighted by Crippen LogP contribution is 2.10. The Balaban J connectivity index is 1.99. The van der Waals surface area contributed by atoms with Gasteiger partial charge in [-0.3, -0.25) is 4.98 Å². The molecule has 0 atom stereocenters. The molecule has 0 aromatic carbocycles. The molecule has 2 N–H and O–H groups in total. The Labute approximate surface area is 122 Å². The monoisotopic (exact) mass is 288 g/mol. The lowest BCUT2D eigenvalue weighted by Crippen LogP contribution is -2.07. The summed E-state index contributed by atoms with van der Waals surface area (Å²) in [5.41, 5.74) is 0.793. The van der Waals surface area contributed by atoms with E-state index >= 15 is 0 Å². The maximum Gasteiger partial charge on any atom is 0.335 e. The van der Waals surface area contributed by atoms with Crippen LogP contribution < -0.4 is 10.1 Å². The van der Waals surface area contributed by atoms with Gasteiger partial charge in [0.2, 0.25) is 11.8 Å². The average molecular weight is 288 g/mol. The smallest absolute Gasteiger partial charge is 0.335 e. The van der Waals surface area contributed by atoms with Crippen molar-refractivity contribution in [3.8, 4) is 5.88 Å². The summed E-state index contributed by atoms with van der Waals surface area (Å²) in [4.78, 5) is 23.2. The summed E-state index contributed by atoms with van der Waals surface area (Å²) in [7, 11) is 0. The number of rotatable bonds is 7. The van der Waals surface area contributed by atoms with E-state index in [-0.39, 0.29) is 5.56 Å². The maximum absolute atomic E-state index is 10.9. The molecular weight excluding hydrogens is 272 g/mol. The van der Waals surface area contributed by atoms with E-state index in [0.29, 0.717) is 30.7 Å². The van der Waals surface area contributed by atoms with E-state index in [9.17, 15) is 4.79 Å². The minimum Gasteiger partial charge on any atom is -0.478 e. The largest absolute Gasteiger partial charge is 0.478 e. The standard InChI is InChI=1S/C14H16N4O3/c1-2-7-21-12-4-6-16-14(18-12)17-9-11-8-10(13(19)20)3-5-15-11/h3-6,8H,2,7,9H2,1H3,(H,19,20)(H,16,17,18). The lowest BCUT2D eigenvalue weighted by atomic mass is 10.2. The number of nitrogens with one attached hydrogen (secondary N) is 1. The lowest BCUT2D eigenvalue weighted by molar-refractivity contribution is 0.0696. The third-order valence-corrected chi connectivity index (χ3v) is 2.58. The van der Waals surface area contributed by atoms with Crippen LogP contribution in [0.3, 0.4) is 0 Å². The zero-order valence-corrected chi connectivity index (χ0v) is 11.6. The molecule has 2 heterocycles. The number of hydrogen-bond donors (Lipinski definition) is 2. The molecule has 0 saturated carbocycles. The third-order valence-electron chi connectivity index (χ3n) is 2.58. The second kappa shape index (κ2) is 7.18. The number of carboxylic acids is 1. The molecule has 0 radical (unpaired) electrons. The van der Waals surface area contributed by atoms with Gasteiger partial charge in [-0.15, -0.1) is 0 Å². The van der Waals surface area contributed by atoms with Crippen molar-refractivity contribution in [3.05, 3.63) is 41.9 Å². The van der Waals surface area contributed by atoms with Crippen LogP contribution in [0.5, 0.6) is 5.88 Å². The van der Waals surface area contributed by atoms with Gasteiger partial charge in [-0.1, -0.05) is 6.92 Å². The molecule has 0 aliphatic heterocycles. The van der Waals surface area contributed by atoms with Crippen molar-refractivity contribution in [2.75, 3.05) is 11.9 Å². The number of pyridine rings is 1. The minimum atomic E-state index is -0.982. The molecule has 21 heavy (non-hydrogen) atoms. The zero-order chi connectivity index (χ0) is 15.1. The molecule has 0 bridgehead atoms. The van der Waals surface area contributed by atoms with Gasteiger partial charge in [0.1, 0.15) is 0 Å². The van der Waals surface area contributed by atoms with Gasteiger partial charge < -0.3 is 15.2 Å². The van der Waals surface area contributed by atoms with Crippen LogP contribution in [0.25, 0.3) is 0 Å². The summed E-state index contributed by atoms with van der Waals surface area (Å²) in [6.45, 7) is 2.94. The van der Waals surface area contributed by atoms with Crippen molar-refractivity contribution in [2.24, 2.45) is 0 Å². The van der Waals surface area contributed by atoms with Crippen molar-refractivity contribution in [3.63, 3.8) is 0 Å². The van der Waals surface area contributed by atoms with Crippen LogP contribution in [0.4, 0.5) is 5.95 Å². The van der Waals surface area contributed by atoms with Crippen LogP contribution >= 0.6 is 0 Å². The van der Waals surface area contributed by atoms with Crippen LogP contribution in [0, 0.1) is 0 Å². The van der Waals surface area contributed by atoms with Crippen molar-refractivity contribution in [1.82, 2.24) is 15.0 Å². The fourth-order valence-electron chi connectivity index (χ4n) is 1.59. The van der Waals surface area contributed by atoms with Gasteiger partial charge in [-0.25, -0.2) is 9.78 Å². The number of ether oxygens (including phenoxy) is 1. The normalized spacial score (nSPS) is 10.1. The first-order valence-electron chi connectivity index (χ1n) is 6.57. The maximum atomic E-state index is 10.9. The zero-order valence-electron chi connectivity index (χ0n) is 11.6. The van der Waals surface area contributed by atoms with Crippen molar-refractivity contribution < 1.29 is 14.6 Å². The third kappa shape index (κ3) is 4.41. The Bertz CT molecular complexity index is 619. The first-order chi connectivity index (χ1) is 10.2. The Morgan fingerprint density at radius 1 is 1.33 bits per heavy atom. The number of carboxylic acid groups (broad SMARTS) is 1. The summed E-state index contributed by atoms with van der Waals surface area (Å²) >= 11 is 0. The highest BCUT2D eigenvalue weighted by molar-refractivity contribution is 5.87. The molecule has 0 fully saturated rings. The van der Waals surface area contributed by atoms with E-state index in [1.165, 1.54) is 18.3 Å². The van der Waals surface area contributed by atoms with Crippen LogP contribution in [-0.2, 0) is 6.54 Å². The van der Waals surface area contributed by atoms with Crippen LogP contribution in [0.15, 0.2) is 30.6 Å². The van der Waals surface area contributed by atoms with Gasteiger partial charge in [0.05, 0.1) is 24.4 Å². The van der Waals surface area contributed by atoms with E-state index < -0.39 is 5.97 Å². The Kier molecular flexibility index (Phi) is 5.03. The number of carbonyl (C=O) groups is 1. The van der Waals surface area contributed by atoms with Crippen LogP contribution in [0.1, 0.15) is 29.4 Å². The molecule has 0 spiro atoms. The summed E-state index contributed by atoms with van der Waals surface area (Å²) in [5, 5.41) is 11.9. The molecule has 2 rings (SSSR count). The van der Waals surface area contributed by atoms with Gasteiger partial charge in [0, 0.05) is 18.5 Å². The van der Waals surface area contributed by atoms with E-state index in [2.05, 4.69) is 20.3 Å². The molecule has 0 amide bonds. The van der Waals surface area contributed by atoms with E-state index in [1.54, 1.807) is 12.3 Å². The fourth-order valence-corrected chi connectivity index (χ4v) is 1.59. The van der Waals surface area contributed by atoms with Gasteiger partial charge in [-0.2, -0.15) is 4.98 Å². The van der Waals surface area contributed by atoms with Crippen LogP contribution in [0.2, 0.25) is 0 Å². The number of nitrogens with zero attached hydrogens (tertiary/aromatic N) is 3. The highest BCUT2D eigenvalue weighted by Gasteiger charge is 2.05. The van der Waals surface area contributed by atoms with Crippen LogP contribution in [-0.4, -0.2) is 32.6 Å². The first kappa shape index (κ1) is 14.7. The fraction of sp³-hybridized carbons (Fsp3) is 0.286.